The molecular formula is C20H19NO3. The number of nitrogens with zero attached hydrogens (tertiary/aromatic N) is 1. The average Bonchev–Trinajstić information content (AvgIpc) is 2.60. The number of hydrogen-bond acceptors (Lipinski definition) is 4. The summed E-state index contributed by atoms with van der Waals surface area (Å²) >= 11 is 0. The van der Waals surface area contributed by atoms with Crippen LogP contribution in [0, 0.1) is 11.3 Å². The van der Waals surface area contributed by atoms with Crippen LogP contribution in [0.4, 0.5) is 0 Å². The molecule has 2 aromatic carbocycles. The topological polar surface area (TPSA) is 59.3 Å². The lowest BCUT2D eigenvalue weighted by molar-refractivity contribution is 0.104. The quantitative estimate of drug-likeness (QED) is 0.589. The van der Waals surface area contributed by atoms with Gasteiger partial charge in [-0.25, -0.2) is 0 Å². The summed E-state index contributed by atoms with van der Waals surface area (Å²) in [5, 5.41) is 8.77. The van der Waals surface area contributed by atoms with Gasteiger partial charge in [0.15, 0.2) is 17.3 Å². The second-order valence-corrected chi connectivity index (χ2v) is 5.46. The van der Waals surface area contributed by atoms with Crippen molar-refractivity contribution in [3.8, 4) is 17.6 Å². The Bertz CT molecular complexity index is 784. The van der Waals surface area contributed by atoms with E-state index in [1.165, 1.54) is 6.08 Å². The molecule has 0 unspecified atom stereocenters. The average molecular weight is 321 g/mol. The van der Waals surface area contributed by atoms with Gasteiger partial charge in [0.2, 0.25) is 0 Å². The molecule has 0 radical (unpaired) electrons. The molecular weight excluding hydrogens is 302 g/mol. The molecule has 4 heteroatoms. The molecule has 0 saturated heterocycles. The van der Waals surface area contributed by atoms with Crippen LogP contribution in [0.2, 0.25) is 0 Å². The Hall–Kier alpha value is -3.06. The predicted octanol–water partition coefficient (Wildman–Crippen LogP) is 4.25. The minimum atomic E-state index is -0.124. The molecule has 2 rings (SSSR count). The van der Waals surface area contributed by atoms with E-state index >= 15 is 0 Å². The van der Waals surface area contributed by atoms with Crippen molar-refractivity contribution >= 4 is 11.9 Å². The third-order valence-corrected chi connectivity index (χ3v) is 3.28. The first-order valence-electron chi connectivity index (χ1n) is 7.60. The summed E-state index contributed by atoms with van der Waals surface area (Å²) in [4.78, 5) is 12.2. The second kappa shape index (κ2) is 7.98. The summed E-state index contributed by atoms with van der Waals surface area (Å²) in [5.74, 6) is 1.17. The van der Waals surface area contributed by atoms with E-state index in [2.05, 4.69) is 0 Å². The Kier molecular flexibility index (Phi) is 5.75. The lowest BCUT2D eigenvalue weighted by Crippen LogP contribution is -2.06. The smallest absolute Gasteiger partial charge is 0.185 e. The maximum Gasteiger partial charge on any atom is 0.185 e. The fourth-order valence-electron chi connectivity index (χ4n) is 2.12. The zero-order chi connectivity index (χ0) is 17.5. The normalized spacial score (nSPS) is 10.6. The number of allylic oxidation sites excluding steroid dienone is 1. The minimum absolute atomic E-state index is 0.0539. The fourth-order valence-corrected chi connectivity index (χ4v) is 2.12. The molecule has 0 atom stereocenters. The van der Waals surface area contributed by atoms with Crippen LogP contribution in [-0.2, 0) is 0 Å². The molecule has 0 heterocycles. The highest BCUT2D eigenvalue weighted by atomic mass is 16.5. The van der Waals surface area contributed by atoms with Crippen LogP contribution < -0.4 is 9.47 Å². The van der Waals surface area contributed by atoms with Gasteiger partial charge in [-0.2, -0.15) is 5.26 Å². The molecule has 4 nitrogen and oxygen atoms in total. The minimum Gasteiger partial charge on any atom is -0.493 e. The van der Waals surface area contributed by atoms with Crippen molar-refractivity contribution < 1.29 is 14.3 Å². The van der Waals surface area contributed by atoms with Gasteiger partial charge in [0, 0.05) is 5.56 Å². The number of carbonyl (C=O) groups is 1. The Morgan fingerprint density at radius 1 is 1.12 bits per heavy atom. The summed E-state index contributed by atoms with van der Waals surface area (Å²) in [5.41, 5.74) is 1.91. The maximum absolute atomic E-state index is 12.2. The summed E-state index contributed by atoms with van der Waals surface area (Å²) in [7, 11) is 1.58. The first-order chi connectivity index (χ1) is 11.5. The van der Waals surface area contributed by atoms with Crippen molar-refractivity contribution in [3.05, 3.63) is 65.2 Å². The van der Waals surface area contributed by atoms with Crippen LogP contribution >= 0.6 is 0 Å². The number of benzene rings is 2. The molecule has 0 aliphatic rings. The molecule has 0 fully saturated rings. The highest BCUT2D eigenvalue weighted by Gasteiger charge is 2.07. The molecule has 0 aromatic heterocycles. The summed E-state index contributed by atoms with van der Waals surface area (Å²) < 4.78 is 11.0. The highest BCUT2D eigenvalue weighted by molar-refractivity contribution is 6.06. The van der Waals surface area contributed by atoms with Crippen LogP contribution in [0.5, 0.6) is 11.5 Å². The van der Waals surface area contributed by atoms with Crippen molar-refractivity contribution in [1.29, 1.82) is 5.26 Å². The van der Waals surface area contributed by atoms with Gasteiger partial charge in [-0.1, -0.05) is 12.1 Å². The lowest BCUT2D eigenvalue weighted by atomic mass is 10.1. The number of hydrogen-bond donors (Lipinski definition) is 0. The van der Waals surface area contributed by atoms with Crippen LogP contribution in [0.1, 0.15) is 35.3 Å². The van der Waals surface area contributed by atoms with Gasteiger partial charge in [0.05, 0.1) is 24.8 Å². The van der Waals surface area contributed by atoms with E-state index in [9.17, 15) is 4.79 Å². The molecule has 0 spiro atoms. The Morgan fingerprint density at radius 2 is 1.83 bits per heavy atom. The van der Waals surface area contributed by atoms with Gasteiger partial charge in [0.25, 0.3) is 0 Å². The third-order valence-electron chi connectivity index (χ3n) is 3.28. The molecule has 0 amide bonds. The summed E-state index contributed by atoms with van der Waals surface area (Å²) in [6, 6.07) is 14.1. The SMILES string of the molecule is COc1cc(C=CC(=O)c2ccc(C#N)cc2)ccc1OC(C)C. The number of ether oxygens (including phenoxy) is 2. The molecule has 122 valence electrons. The molecule has 0 bridgehead atoms. The van der Waals surface area contributed by atoms with Gasteiger partial charge in [-0.3, -0.25) is 4.79 Å². The van der Waals surface area contributed by atoms with Crippen LogP contribution in [-0.4, -0.2) is 19.0 Å². The van der Waals surface area contributed by atoms with E-state index in [4.69, 9.17) is 14.7 Å². The van der Waals surface area contributed by atoms with Crippen molar-refractivity contribution in [1.82, 2.24) is 0 Å². The van der Waals surface area contributed by atoms with Gasteiger partial charge < -0.3 is 9.47 Å². The van der Waals surface area contributed by atoms with E-state index in [0.29, 0.717) is 22.6 Å². The first kappa shape index (κ1) is 17.3. The number of ketones is 1. The lowest BCUT2D eigenvalue weighted by Gasteiger charge is -2.13. The van der Waals surface area contributed by atoms with Crippen molar-refractivity contribution in [3.63, 3.8) is 0 Å². The third kappa shape index (κ3) is 4.47. The van der Waals surface area contributed by atoms with E-state index in [0.717, 1.165) is 5.56 Å². The van der Waals surface area contributed by atoms with Gasteiger partial charge in [0.1, 0.15) is 0 Å². The fraction of sp³-hybridized carbons (Fsp3) is 0.200. The number of methoxy groups -OCH3 is 1. The zero-order valence-corrected chi connectivity index (χ0v) is 13.9. The zero-order valence-electron chi connectivity index (χ0n) is 13.9. The van der Waals surface area contributed by atoms with E-state index in [-0.39, 0.29) is 11.9 Å². The molecule has 0 aliphatic heterocycles. The molecule has 0 aliphatic carbocycles. The Labute approximate surface area is 141 Å². The number of nitriles is 1. The van der Waals surface area contributed by atoms with Gasteiger partial charge in [-0.15, -0.1) is 0 Å². The standard InChI is InChI=1S/C20H19NO3/c1-14(2)24-19-11-7-15(12-20(19)23-3)6-10-18(22)17-8-4-16(13-21)5-9-17/h4-12,14H,1-3H3. The van der Waals surface area contributed by atoms with Crippen LogP contribution in [0.3, 0.4) is 0 Å². The number of carbonyl (C=O) groups excluding carboxylic acids is 1. The van der Waals surface area contributed by atoms with Crippen molar-refractivity contribution in [2.24, 2.45) is 0 Å². The van der Waals surface area contributed by atoms with E-state index in [1.807, 2.05) is 38.1 Å². The van der Waals surface area contributed by atoms with Crippen molar-refractivity contribution in [2.45, 2.75) is 20.0 Å². The van der Waals surface area contributed by atoms with E-state index in [1.54, 1.807) is 37.5 Å². The Balaban J connectivity index is 2.15. The maximum atomic E-state index is 12.2. The summed E-state index contributed by atoms with van der Waals surface area (Å²) in [6.07, 6.45) is 3.28. The molecule has 2 aromatic rings. The van der Waals surface area contributed by atoms with Crippen molar-refractivity contribution in [2.75, 3.05) is 7.11 Å². The largest absolute Gasteiger partial charge is 0.493 e. The van der Waals surface area contributed by atoms with Crippen LogP contribution in [0.25, 0.3) is 6.08 Å². The molecule has 24 heavy (non-hydrogen) atoms. The number of rotatable bonds is 6. The molecule has 0 saturated carbocycles. The van der Waals surface area contributed by atoms with Crippen LogP contribution in [0.15, 0.2) is 48.5 Å². The second-order valence-electron chi connectivity index (χ2n) is 5.46. The Morgan fingerprint density at radius 3 is 2.42 bits per heavy atom. The van der Waals surface area contributed by atoms with Gasteiger partial charge in [-0.05, 0) is 61.9 Å². The molecule has 0 N–H and O–H groups in total. The predicted molar refractivity (Wildman–Crippen MR) is 93.3 cm³/mol. The van der Waals surface area contributed by atoms with E-state index < -0.39 is 0 Å². The summed E-state index contributed by atoms with van der Waals surface area (Å²) in [6.45, 7) is 3.90. The monoisotopic (exact) mass is 321 g/mol. The first-order valence-corrected chi connectivity index (χ1v) is 7.60. The van der Waals surface area contributed by atoms with Gasteiger partial charge >= 0.3 is 0 Å². The highest BCUT2D eigenvalue weighted by Crippen LogP contribution is 2.29.